The number of unbranched alkanes of at least 4 members (excludes halogenated alkanes) is 16. The van der Waals surface area contributed by atoms with E-state index in [0.29, 0.717) is 0 Å². The van der Waals surface area contributed by atoms with Crippen LogP contribution in [0.4, 0.5) is 0 Å². The van der Waals surface area contributed by atoms with Gasteiger partial charge in [0.15, 0.2) is 0 Å². The zero-order valence-corrected chi connectivity index (χ0v) is 20.0. The van der Waals surface area contributed by atoms with Crippen molar-refractivity contribution in [3.05, 3.63) is 0 Å². The molecule has 1 heteroatoms. The van der Waals surface area contributed by atoms with Crippen molar-refractivity contribution in [2.75, 3.05) is 19.6 Å². The lowest BCUT2D eigenvalue weighted by atomic mass is 9.92. The van der Waals surface area contributed by atoms with Gasteiger partial charge < -0.3 is 4.90 Å². The second kappa shape index (κ2) is 20.2. The van der Waals surface area contributed by atoms with Gasteiger partial charge in [-0.05, 0) is 44.7 Å². The standard InChI is InChI=1S/C27H55N/c1-3-5-7-9-11-13-15-17-19-22-27-23-21-25-28(26-27)24-20-18-16-14-12-10-8-6-4-2/h27H,3-26H2,1-2H3. The molecule has 1 rings (SSSR count). The van der Waals surface area contributed by atoms with E-state index in [2.05, 4.69) is 18.7 Å². The molecule has 0 spiro atoms. The quantitative estimate of drug-likeness (QED) is 0.186. The molecule has 0 N–H and O–H groups in total. The van der Waals surface area contributed by atoms with E-state index in [0.717, 1.165) is 5.92 Å². The fraction of sp³-hybridized carbons (Fsp3) is 1.00. The van der Waals surface area contributed by atoms with Crippen molar-refractivity contribution in [3.8, 4) is 0 Å². The minimum absolute atomic E-state index is 1.01. The van der Waals surface area contributed by atoms with E-state index in [1.54, 1.807) is 0 Å². The van der Waals surface area contributed by atoms with Crippen LogP contribution in [0.1, 0.15) is 149 Å². The highest BCUT2D eigenvalue weighted by atomic mass is 15.1. The largest absolute Gasteiger partial charge is 0.303 e. The maximum absolute atomic E-state index is 2.79. The van der Waals surface area contributed by atoms with Crippen molar-refractivity contribution in [2.24, 2.45) is 5.92 Å². The summed E-state index contributed by atoms with van der Waals surface area (Å²) in [5, 5.41) is 0. The van der Waals surface area contributed by atoms with Crippen molar-refractivity contribution in [1.82, 2.24) is 4.90 Å². The number of rotatable bonds is 20. The highest BCUT2D eigenvalue weighted by Crippen LogP contribution is 2.23. The van der Waals surface area contributed by atoms with Gasteiger partial charge in [0.2, 0.25) is 0 Å². The second-order valence-corrected chi connectivity index (χ2v) is 9.75. The van der Waals surface area contributed by atoms with Crippen molar-refractivity contribution in [3.63, 3.8) is 0 Å². The Balaban J connectivity index is 1.88. The van der Waals surface area contributed by atoms with E-state index in [1.807, 2.05) is 0 Å². The number of piperidine rings is 1. The molecule has 1 aliphatic heterocycles. The van der Waals surface area contributed by atoms with E-state index in [4.69, 9.17) is 0 Å². The molecule has 0 amide bonds. The van der Waals surface area contributed by atoms with Gasteiger partial charge in [0.1, 0.15) is 0 Å². The molecule has 1 fully saturated rings. The Morgan fingerprint density at radius 3 is 1.57 bits per heavy atom. The third-order valence-corrected chi connectivity index (χ3v) is 6.90. The van der Waals surface area contributed by atoms with Gasteiger partial charge in [-0.2, -0.15) is 0 Å². The molecule has 1 aliphatic rings. The molecule has 0 radical (unpaired) electrons. The van der Waals surface area contributed by atoms with E-state index in [1.165, 1.54) is 154 Å². The van der Waals surface area contributed by atoms with Crippen LogP contribution in [0.25, 0.3) is 0 Å². The molecule has 1 unspecified atom stereocenters. The van der Waals surface area contributed by atoms with Gasteiger partial charge in [-0.15, -0.1) is 0 Å². The van der Waals surface area contributed by atoms with Crippen molar-refractivity contribution in [1.29, 1.82) is 0 Å². The van der Waals surface area contributed by atoms with Gasteiger partial charge in [0.25, 0.3) is 0 Å². The molecule has 0 saturated carbocycles. The summed E-state index contributed by atoms with van der Waals surface area (Å²) in [6.45, 7) is 8.79. The zero-order chi connectivity index (χ0) is 20.1. The van der Waals surface area contributed by atoms with Gasteiger partial charge in [-0.1, -0.05) is 123 Å². The summed E-state index contributed by atoms with van der Waals surface area (Å²) in [5.41, 5.74) is 0. The van der Waals surface area contributed by atoms with Crippen LogP contribution in [-0.4, -0.2) is 24.5 Å². The average Bonchev–Trinajstić information content (AvgIpc) is 2.72. The molecule has 0 aliphatic carbocycles. The fourth-order valence-corrected chi connectivity index (χ4v) is 4.98. The van der Waals surface area contributed by atoms with Gasteiger partial charge >= 0.3 is 0 Å². The van der Waals surface area contributed by atoms with Gasteiger partial charge in [-0.3, -0.25) is 0 Å². The number of hydrogen-bond acceptors (Lipinski definition) is 1. The number of likely N-dealkylation sites (tertiary alicyclic amines) is 1. The predicted octanol–water partition coefficient (Wildman–Crippen LogP) is 9.15. The van der Waals surface area contributed by atoms with Gasteiger partial charge in [-0.25, -0.2) is 0 Å². The molecule has 28 heavy (non-hydrogen) atoms. The molecule has 1 nitrogen and oxygen atoms in total. The molecule has 1 atom stereocenters. The summed E-state index contributed by atoms with van der Waals surface area (Å²) in [7, 11) is 0. The maximum Gasteiger partial charge on any atom is 0.000966 e. The molecule has 1 saturated heterocycles. The van der Waals surface area contributed by atoms with Crippen LogP contribution in [0.3, 0.4) is 0 Å². The van der Waals surface area contributed by atoms with Crippen LogP contribution in [0, 0.1) is 5.92 Å². The molecule has 1 heterocycles. The maximum atomic E-state index is 2.79. The first-order valence-electron chi connectivity index (χ1n) is 13.6. The van der Waals surface area contributed by atoms with Crippen molar-refractivity contribution in [2.45, 2.75) is 149 Å². The molecular weight excluding hydrogens is 338 g/mol. The summed E-state index contributed by atoms with van der Waals surface area (Å²) in [6.07, 6.45) is 30.7. The number of hydrogen-bond donors (Lipinski definition) is 0. The second-order valence-electron chi connectivity index (χ2n) is 9.75. The molecular formula is C27H55N. The summed E-state index contributed by atoms with van der Waals surface area (Å²) in [4.78, 5) is 2.79. The third kappa shape index (κ3) is 15.8. The first-order chi connectivity index (χ1) is 13.9. The Hall–Kier alpha value is -0.0400. The summed E-state index contributed by atoms with van der Waals surface area (Å²) in [5.74, 6) is 1.01. The van der Waals surface area contributed by atoms with Crippen LogP contribution in [-0.2, 0) is 0 Å². The lowest BCUT2D eigenvalue weighted by molar-refractivity contribution is 0.163. The Morgan fingerprint density at radius 2 is 1.04 bits per heavy atom. The highest BCUT2D eigenvalue weighted by molar-refractivity contribution is 4.73. The van der Waals surface area contributed by atoms with Crippen LogP contribution < -0.4 is 0 Å². The Morgan fingerprint density at radius 1 is 0.571 bits per heavy atom. The van der Waals surface area contributed by atoms with Crippen LogP contribution in [0.15, 0.2) is 0 Å². The minimum Gasteiger partial charge on any atom is -0.303 e. The normalized spacial score (nSPS) is 18.0. The van der Waals surface area contributed by atoms with Crippen molar-refractivity contribution >= 4 is 0 Å². The molecule has 168 valence electrons. The fourth-order valence-electron chi connectivity index (χ4n) is 4.98. The zero-order valence-electron chi connectivity index (χ0n) is 20.0. The SMILES string of the molecule is CCCCCCCCCCCC1CCCN(CCCCCCCCCCC)C1. The van der Waals surface area contributed by atoms with Crippen LogP contribution in [0.2, 0.25) is 0 Å². The number of nitrogens with zero attached hydrogens (tertiary/aromatic N) is 1. The van der Waals surface area contributed by atoms with Crippen LogP contribution in [0.5, 0.6) is 0 Å². The summed E-state index contributed by atoms with van der Waals surface area (Å²) in [6, 6.07) is 0. The van der Waals surface area contributed by atoms with E-state index in [-0.39, 0.29) is 0 Å². The Labute approximate surface area is 179 Å². The monoisotopic (exact) mass is 393 g/mol. The lowest BCUT2D eigenvalue weighted by Crippen LogP contribution is -2.36. The van der Waals surface area contributed by atoms with Crippen molar-refractivity contribution < 1.29 is 0 Å². The minimum atomic E-state index is 1.01. The molecule has 0 aromatic rings. The lowest BCUT2D eigenvalue weighted by Gasteiger charge is -2.32. The molecule has 0 bridgehead atoms. The molecule has 0 aromatic heterocycles. The first-order valence-corrected chi connectivity index (χ1v) is 13.6. The summed E-state index contributed by atoms with van der Waals surface area (Å²) >= 11 is 0. The predicted molar refractivity (Wildman–Crippen MR) is 128 cm³/mol. The Bertz CT molecular complexity index is 273. The van der Waals surface area contributed by atoms with Crippen LogP contribution >= 0.6 is 0 Å². The highest BCUT2D eigenvalue weighted by Gasteiger charge is 2.18. The topological polar surface area (TPSA) is 3.24 Å². The van der Waals surface area contributed by atoms with E-state index in [9.17, 15) is 0 Å². The Kier molecular flexibility index (Phi) is 18.8. The van der Waals surface area contributed by atoms with Gasteiger partial charge in [0, 0.05) is 6.54 Å². The summed E-state index contributed by atoms with van der Waals surface area (Å²) < 4.78 is 0. The third-order valence-electron chi connectivity index (χ3n) is 6.90. The van der Waals surface area contributed by atoms with Gasteiger partial charge in [0.05, 0.1) is 0 Å². The average molecular weight is 394 g/mol. The van der Waals surface area contributed by atoms with E-state index < -0.39 is 0 Å². The first kappa shape index (κ1) is 26.0. The smallest absolute Gasteiger partial charge is 0.000966 e. The van der Waals surface area contributed by atoms with E-state index >= 15 is 0 Å². The molecule has 0 aromatic carbocycles.